The Morgan fingerprint density at radius 3 is 2.85 bits per heavy atom. The van der Waals surface area contributed by atoms with E-state index in [9.17, 15) is 13.2 Å². The summed E-state index contributed by atoms with van der Waals surface area (Å²) in [4.78, 5) is 13.7. The Labute approximate surface area is 151 Å². The van der Waals surface area contributed by atoms with E-state index in [0.717, 1.165) is 0 Å². The molecule has 1 aliphatic heterocycles. The maximum Gasteiger partial charge on any atom is 0.414 e. The second-order valence-corrected chi connectivity index (χ2v) is 7.64. The van der Waals surface area contributed by atoms with Gasteiger partial charge in [0.2, 0.25) is 10.0 Å². The number of methoxy groups -OCH3 is 1. The highest BCUT2D eigenvalue weighted by Gasteiger charge is 2.34. The van der Waals surface area contributed by atoms with Crippen molar-refractivity contribution in [2.24, 2.45) is 0 Å². The highest BCUT2D eigenvalue weighted by molar-refractivity contribution is 7.89. The molecule has 0 aliphatic carbocycles. The lowest BCUT2D eigenvalue weighted by Gasteiger charge is -2.14. The summed E-state index contributed by atoms with van der Waals surface area (Å²) in [5.41, 5.74) is 1.47. The third kappa shape index (κ3) is 3.51. The van der Waals surface area contributed by atoms with Crippen LogP contribution in [0.2, 0.25) is 0 Å². The van der Waals surface area contributed by atoms with Crippen LogP contribution in [0.3, 0.4) is 0 Å². The van der Waals surface area contributed by atoms with Gasteiger partial charge in [0.05, 0.1) is 30.7 Å². The Morgan fingerprint density at radius 2 is 2.19 bits per heavy atom. The maximum absolute atomic E-state index is 12.5. The largest absolute Gasteiger partial charge is 0.497 e. The normalized spacial score (nSPS) is 17.4. The molecule has 1 aromatic carbocycles. The van der Waals surface area contributed by atoms with Crippen LogP contribution >= 0.6 is 0 Å². The van der Waals surface area contributed by atoms with Crippen LogP contribution < -0.4 is 14.4 Å². The summed E-state index contributed by atoms with van der Waals surface area (Å²) in [5.74, 6) is 0.616. The first-order chi connectivity index (χ1) is 12.3. The van der Waals surface area contributed by atoms with Gasteiger partial charge in [0.25, 0.3) is 0 Å². The van der Waals surface area contributed by atoms with Crippen molar-refractivity contribution >= 4 is 21.8 Å². The highest BCUT2D eigenvalue weighted by atomic mass is 32.2. The second-order valence-electron chi connectivity index (χ2n) is 5.93. The molecule has 0 saturated carbocycles. The van der Waals surface area contributed by atoms with Gasteiger partial charge in [0.15, 0.2) is 0 Å². The van der Waals surface area contributed by atoms with E-state index < -0.39 is 22.2 Å². The number of hydrogen-bond donors (Lipinski definition) is 2. The van der Waals surface area contributed by atoms with Crippen LogP contribution in [0.1, 0.15) is 11.4 Å². The molecule has 1 aliphatic rings. The minimum Gasteiger partial charge on any atom is -0.497 e. The smallest absolute Gasteiger partial charge is 0.414 e. The molecule has 1 amide bonds. The van der Waals surface area contributed by atoms with Crippen molar-refractivity contribution < 1.29 is 22.7 Å². The second kappa shape index (κ2) is 6.96. The number of ether oxygens (including phenoxy) is 2. The molecule has 2 heterocycles. The van der Waals surface area contributed by atoms with Crippen LogP contribution in [0.5, 0.6) is 5.75 Å². The predicted octanol–water partition coefficient (Wildman–Crippen LogP) is 1.34. The summed E-state index contributed by atoms with van der Waals surface area (Å²) in [7, 11) is -2.21. The molecule has 0 spiro atoms. The number of anilines is 1. The van der Waals surface area contributed by atoms with E-state index in [4.69, 9.17) is 9.47 Å². The van der Waals surface area contributed by atoms with Crippen LogP contribution in [0.15, 0.2) is 29.2 Å². The number of carbonyl (C=O) groups excluding carboxylic acids is 1. The van der Waals surface area contributed by atoms with Gasteiger partial charge < -0.3 is 9.47 Å². The SMILES string of the molecule is COc1cccc(N2CC(CNS(=O)(=O)c3c(C)n[nH]c3C)OC2=O)c1. The molecule has 2 N–H and O–H groups in total. The molecule has 0 bridgehead atoms. The van der Waals surface area contributed by atoms with E-state index in [0.29, 0.717) is 22.8 Å². The Hall–Kier alpha value is -2.59. The fourth-order valence-electron chi connectivity index (χ4n) is 2.83. The van der Waals surface area contributed by atoms with Crippen molar-refractivity contribution in [2.75, 3.05) is 25.1 Å². The van der Waals surface area contributed by atoms with Crippen molar-refractivity contribution in [3.05, 3.63) is 35.7 Å². The number of sulfonamides is 1. The summed E-state index contributed by atoms with van der Waals surface area (Å²) in [6, 6.07) is 7.01. The van der Waals surface area contributed by atoms with Crippen LogP contribution in [0.4, 0.5) is 10.5 Å². The Balaban J connectivity index is 1.68. The Kier molecular flexibility index (Phi) is 4.88. The van der Waals surface area contributed by atoms with E-state index >= 15 is 0 Å². The molecule has 0 radical (unpaired) electrons. The molecule has 26 heavy (non-hydrogen) atoms. The standard InChI is InChI=1S/C16H20N4O5S/c1-10-15(11(2)19-18-10)26(22,23)17-8-14-9-20(16(21)25-14)12-5-4-6-13(7-12)24-3/h4-7,14,17H,8-9H2,1-3H3,(H,18,19). The lowest BCUT2D eigenvalue weighted by molar-refractivity contribution is 0.143. The molecule has 2 aromatic rings. The number of H-pyrrole nitrogens is 1. The number of aryl methyl sites for hydroxylation is 2. The number of hydrogen-bond acceptors (Lipinski definition) is 6. The summed E-state index contributed by atoms with van der Waals surface area (Å²) >= 11 is 0. The van der Waals surface area contributed by atoms with Crippen molar-refractivity contribution in [1.82, 2.24) is 14.9 Å². The topological polar surface area (TPSA) is 114 Å². The van der Waals surface area contributed by atoms with Crippen LogP contribution in [-0.2, 0) is 14.8 Å². The van der Waals surface area contributed by atoms with E-state index in [2.05, 4.69) is 14.9 Å². The van der Waals surface area contributed by atoms with E-state index in [1.165, 1.54) is 4.90 Å². The monoisotopic (exact) mass is 380 g/mol. The Morgan fingerprint density at radius 1 is 1.42 bits per heavy atom. The van der Waals surface area contributed by atoms with Gasteiger partial charge in [-0.2, -0.15) is 5.10 Å². The number of carbonyl (C=O) groups is 1. The minimum absolute atomic E-state index is 0.0292. The zero-order valence-electron chi connectivity index (χ0n) is 14.6. The number of cyclic esters (lactones) is 1. The highest BCUT2D eigenvalue weighted by Crippen LogP contribution is 2.25. The fourth-order valence-corrected chi connectivity index (χ4v) is 4.26. The van der Waals surface area contributed by atoms with Gasteiger partial charge in [-0.1, -0.05) is 6.07 Å². The molecule has 9 nitrogen and oxygen atoms in total. The maximum atomic E-state index is 12.5. The molecule has 10 heteroatoms. The fraction of sp³-hybridized carbons (Fsp3) is 0.375. The van der Waals surface area contributed by atoms with Crippen LogP contribution in [-0.4, -0.2) is 51.0 Å². The van der Waals surface area contributed by atoms with Crippen molar-refractivity contribution in [1.29, 1.82) is 0 Å². The van der Waals surface area contributed by atoms with Gasteiger partial charge in [0.1, 0.15) is 16.7 Å². The first-order valence-corrected chi connectivity index (χ1v) is 9.43. The van der Waals surface area contributed by atoms with Gasteiger partial charge >= 0.3 is 6.09 Å². The number of nitrogens with zero attached hydrogens (tertiary/aromatic N) is 2. The minimum atomic E-state index is -3.75. The first kappa shape index (κ1) is 18.2. The summed E-state index contributed by atoms with van der Waals surface area (Å²) < 4.78 is 37.8. The van der Waals surface area contributed by atoms with Gasteiger partial charge in [-0.25, -0.2) is 17.9 Å². The first-order valence-electron chi connectivity index (χ1n) is 7.95. The molecule has 1 aromatic heterocycles. The van der Waals surface area contributed by atoms with E-state index in [1.807, 2.05) is 0 Å². The quantitative estimate of drug-likeness (QED) is 0.782. The summed E-state index contributed by atoms with van der Waals surface area (Å²) in [6.07, 6.45) is -1.13. The summed E-state index contributed by atoms with van der Waals surface area (Å²) in [5, 5.41) is 6.54. The number of amides is 1. The molecule has 1 fully saturated rings. The summed E-state index contributed by atoms with van der Waals surface area (Å²) in [6.45, 7) is 3.45. The number of benzene rings is 1. The number of nitrogens with one attached hydrogen (secondary N) is 2. The van der Waals surface area contributed by atoms with Crippen molar-refractivity contribution in [2.45, 2.75) is 24.8 Å². The van der Waals surface area contributed by atoms with Gasteiger partial charge in [-0.15, -0.1) is 0 Å². The van der Waals surface area contributed by atoms with E-state index in [-0.39, 0.29) is 18.0 Å². The molecular weight excluding hydrogens is 360 g/mol. The Bertz CT molecular complexity index is 905. The molecule has 3 rings (SSSR count). The van der Waals surface area contributed by atoms with Crippen molar-refractivity contribution in [3.8, 4) is 5.75 Å². The molecule has 1 unspecified atom stereocenters. The average molecular weight is 380 g/mol. The van der Waals surface area contributed by atoms with Gasteiger partial charge in [-0.05, 0) is 26.0 Å². The van der Waals surface area contributed by atoms with Gasteiger partial charge in [0, 0.05) is 12.6 Å². The third-order valence-electron chi connectivity index (χ3n) is 4.07. The van der Waals surface area contributed by atoms with Gasteiger partial charge in [-0.3, -0.25) is 10.00 Å². The lowest BCUT2D eigenvalue weighted by Crippen LogP contribution is -2.35. The zero-order chi connectivity index (χ0) is 18.9. The lowest BCUT2D eigenvalue weighted by atomic mass is 10.2. The number of rotatable bonds is 6. The average Bonchev–Trinajstić information content (AvgIpc) is 3.15. The van der Waals surface area contributed by atoms with Crippen LogP contribution in [0, 0.1) is 13.8 Å². The number of aromatic nitrogens is 2. The molecule has 1 atom stereocenters. The molecule has 1 saturated heterocycles. The molecular formula is C16H20N4O5S. The van der Waals surface area contributed by atoms with E-state index in [1.54, 1.807) is 45.2 Å². The zero-order valence-corrected chi connectivity index (χ0v) is 15.5. The molecule has 140 valence electrons. The predicted molar refractivity (Wildman–Crippen MR) is 93.9 cm³/mol. The third-order valence-corrected chi connectivity index (χ3v) is 5.76. The number of aromatic amines is 1. The van der Waals surface area contributed by atoms with Crippen molar-refractivity contribution in [3.63, 3.8) is 0 Å². The van der Waals surface area contributed by atoms with Crippen LogP contribution in [0.25, 0.3) is 0 Å².